The van der Waals surface area contributed by atoms with E-state index in [-0.39, 0.29) is 10.8 Å². The van der Waals surface area contributed by atoms with E-state index in [1.54, 1.807) is 24.6 Å². The zero-order valence-corrected chi connectivity index (χ0v) is 20.8. The van der Waals surface area contributed by atoms with Gasteiger partial charge in [0.2, 0.25) is 11.9 Å². The third-order valence-electron chi connectivity index (χ3n) is 5.24. The van der Waals surface area contributed by atoms with Crippen molar-refractivity contribution >= 4 is 27.6 Å². The summed E-state index contributed by atoms with van der Waals surface area (Å²) in [5, 5.41) is 11.4. The van der Waals surface area contributed by atoms with Gasteiger partial charge in [0.05, 0.1) is 10.6 Å². The number of carbonyl (C=O) groups is 1. The van der Waals surface area contributed by atoms with Crippen LogP contribution in [0.3, 0.4) is 0 Å². The molecule has 0 aliphatic carbocycles. The number of hydrogen-bond donors (Lipinski definition) is 2. The Bertz CT molecular complexity index is 1590. The molecule has 36 heavy (non-hydrogen) atoms. The summed E-state index contributed by atoms with van der Waals surface area (Å²) < 4.78 is 30.2. The minimum absolute atomic E-state index is 0.0332. The number of sulfonamides is 1. The molecule has 1 amide bonds. The first-order valence-corrected chi connectivity index (χ1v) is 12.4. The lowest BCUT2D eigenvalue weighted by Gasteiger charge is -2.15. The largest absolute Gasteiger partial charge is 0.324 e. The molecule has 186 valence electrons. The van der Waals surface area contributed by atoms with Crippen LogP contribution < -0.4 is 15.6 Å². The van der Waals surface area contributed by atoms with Crippen LogP contribution in [0.1, 0.15) is 30.0 Å². The third-order valence-corrected chi connectivity index (χ3v) is 6.58. The molecule has 0 saturated heterocycles. The maximum atomic E-state index is 12.9. The highest BCUT2D eigenvalue weighted by molar-refractivity contribution is 7.92. The normalized spacial score (nSPS) is 12.2. The van der Waals surface area contributed by atoms with Crippen LogP contribution >= 0.6 is 0 Å². The van der Waals surface area contributed by atoms with Crippen LogP contribution in [0.15, 0.2) is 64.4 Å². The van der Waals surface area contributed by atoms with Crippen molar-refractivity contribution in [3.05, 3.63) is 82.2 Å². The quantitative estimate of drug-likeness (QED) is 0.385. The number of nitrogens with one attached hydrogen (secondary N) is 2. The first kappa shape index (κ1) is 24.7. The Morgan fingerprint density at radius 2 is 1.69 bits per heavy atom. The zero-order valence-electron chi connectivity index (χ0n) is 20.0. The van der Waals surface area contributed by atoms with Gasteiger partial charge in [0.25, 0.3) is 15.6 Å². The molecular formula is C23H24N8O4S. The van der Waals surface area contributed by atoms with Gasteiger partial charge in [-0.2, -0.15) is 5.10 Å². The van der Waals surface area contributed by atoms with Crippen molar-refractivity contribution in [2.45, 2.75) is 38.6 Å². The van der Waals surface area contributed by atoms with Crippen LogP contribution in [0.4, 0.5) is 11.6 Å². The molecule has 0 spiro atoms. The third kappa shape index (κ3) is 5.30. The topological polar surface area (TPSA) is 154 Å². The van der Waals surface area contributed by atoms with E-state index in [1.807, 2.05) is 19.9 Å². The Morgan fingerprint density at radius 3 is 2.33 bits per heavy atom. The highest BCUT2D eigenvalue weighted by atomic mass is 32.2. The summed E-state index contributed by atoms with van der Waals surface area (Å²) in [5.74, 6) is -0.140. The number of amides is 1. The van der Waals surface area contributed by atoms with Gasteiger partial charge in [0, 0.05) is 29.3 Å². The van der Waals surface area contributed by atoms with Gasteiger partial charge in [-0.05, 0) is 70.2 Å². The average molecular weight is 509 g/mol. The number of benzene rings is 1. The van der Waals surface area contributed by atoms with E-state index in [0.717, 1.165) is 16.1 Å². The van der Waals surface area contributed by atoms with Crippen molar-refractivity contribution in [3.63, 3.8) is 0 Å². The smallest absolute Gasteiger partial charge is 0.267 e. The van der Waals surface area contributed by atoms with Gasteiger partial charge >= 0.3 is 0 Å². The number of nitrogens with zero attached hydrogens (tertiary/aromatic N) is 6. The Hall–Kier alpha value is -4.39. The van der Waals surface area contributed by atoms with Gasteiger partial charge in [0.15, 0.2) is 5.82 Å². The Morgan fingerprint density at radius 1 is 0.972 bits per heavy atom. The number of anilines is 2. The lowest BCUT2D eigenvalue weighted by atomic mass is 10.2. The van der Waals surface area contributed by atoms with Gasteiger partial charge in [-0.1, -0.05) is 0 Å². The van der Waals surface area contributed by atoms with Crippen LogP contribution in [0.25, 0.3) is 5.82 Å². The molecule has 13 heteroatoms. The Labute approximate surface area is 207 Å². The Balaban J connectivity index is 1.49. The Kier molecular flexibility index (Phi) is 6.66. The molecule has 1 unspecified atom stereocenters. The summed E-state index contributed by atoms with van der Waals surface area (Å²) in [6.45, 7) is 6.97. The second-order valence-corrected chi connectivity index (χ2v) is 9.81. The van der Waals surface area contributed by atoms with E-state index < -0.39 is 27.5 Å². The van der Waals surface area contributed by atoms with E-state index in [0.29, 0.717) is 17.2 Å². The molecule has 0 aliphatic heterocycles. The molecule has 0 radical (unpaired) electrons. The van der Waals surface area contributed by atoms with E-state index >= 15 is 0 Å². The minimum Gasteiger partial charge on any atom is -0.324 e. The zero-order chi connectivity index (χ0) is 26.0. The molecule has 1 aromatic carbocycles. The summed E-state index contributed by atoms with van der Waals surface area (Å²) >= 11 is 0. The molecule has 1 atom stereocenters. The SMILES string of the molecule is Cc1ccnc(NS(=O)(=O)c2ccc(NC(=O)C(C)n3nc(-n4nc(C)cc4C)ccc3=O)cc2)n1. The second-order valence-electron chi connectivity index (χ2n) is 8.13. The maximum absolute atomic E-state index is 12.9. The number of carbonyl (C=O) groups excluding carboxylic acids is 1. The molecule has 0 aliphatic rings. The maximum Gasteiger partial charge on any atom is 0.267 e. The standard InChI is InChI=1S/C23H24N8O4S/c1-14-11-12-24-23(25-14)29-36(34,35)19-7-5-18(6-8-19)26-22(33)17(4)31-21(32)10-9-20(28-31)30-16(3)13-15(2)27-30/h5-13,17H,1-4H3,(H,26,33)(H,24,25,29). The fourth-order valence-corrected chi connectivity index (χ4v) is 4.37. The van der Waals surface area contributed by atoms with Crippen LogP contribution in [0.5, 0.6) is 0 Å². The number of aromatic nitrogens is 6. The summed E-state index contributed by atoms with van der Waals surface area (Å²) in [5.41, 5.74) is 2.14. The fourth-order valence-electron chi connectivity index (χ4n) is 3.42. The molecule has 0 saturated carbocycles. The minimum atomic E-state index is -3.92. The van der Waals surface area contributed by atoms with Gasteiger partial charge < -0.3 is 5.32 Å². The molecule has 0 fully saturated rings. The van der Waals surface area contributed by atoms with Gasteiger partial charge in [-0.3, -0.25) is 9.59 Å². The average Bonchev–Trinajstić information content (AvgIpc) is 3.16. The lowest BCUT2D eigenvalue weighted by Crippen LogP contribution is -2.33. The van der Waals surface area contributed by atoms with Crippen LogP contribution in [0.2, 0.25) is 0 Å². The molecule has 4 aromatic rings. The van der Waals surface area contributed by atoms with Gasteiger partial charge in [-0.25, -0.2) is 32.5 Å². The number of aryl methyl sites for hydroxylation is 3. The van der Waals surface area contributed by atoms with E-state index in [2.05, 4.69) is 30.2 Å². The van der Waals surface area contributed by atoms with E-state index in [1.165, 1.54) is 42.6 Å². The molecule has 0 bridgehead atoms. The number of hydrogen-bond acceptors (Lipinski definition) is 8. The van der Waals surface area contributed by atoms with Crippen molar-refractivity contribution in [1.82, 2.24) is 29.5 Å². The summed E-state index contributed by atoms with van der Waals surface area (Å²) in [7, 11) is -3.92. The summed E-state index contributed by atoms with van der Waals surface area (Å²) in [4.78, 5) is 33.2. The monoisotopic (exact) mass is 508 g/mol. The highest BCUT2D eigenvalue weighted by Crippen LogP contribution is 2.18. The van der Waals surface area contributed by atoms with Crippen molar-refractivity contribution < 1.29 is 13.2 Å². The van der Waals surface area contributed by atoms with E-state index in [4.69, 9.17) is 0 Å². The molecule has 12 nitrogen and oxygen atoms in total. The predicted octanol–water partition coefficient (Wildman–Crippen LogP) is 2.14. The van der Waals surface area contributed by atoms with Gasteiger partial charge in [0.1, 0.15) is 6.04 Å². The molecule has 3 aromatic heterocycles. The second kappa shape index (κ2) is 9.70. The first-order valence-electron chi connectivity index (χ1n) is 10.9. The summed E-state index contributed by atoms with van der Waals surface area (Å²) in [6.07, 6.45) is 1.45. The van der Waals surface area contributed by atoms with Crippen LogP contribution in [0, 0.1) is 20.8 Å². The molecule has 3 heterocycles. The highest BCUT2D eigenvalue weighted by Gasteiger charge is 2.20. The molecule has 4 rings (SSSR count). The first-order chi connectivity index (χ1) is 17.0. The van der Waals surface area contributed by atoms with E-state index in [9.17, 15) is 18.0 Å². The van der Waals surface area contributed by atoms with Crippen LogP contribution in [-0.2, 0) is 14.8 Å². The predicted molar refractivity (Wildman–Crippen MR) is 132 cm³/mol. The molecule has 2 N–H and O–H groups in total. The van der Waals surface area contributed by atoms with Gasteiger partial charge in [-0.15, -0.1) is 5.10 Å². The van der Waals surface area contributed by atoms with Crippen molar-refractivity contribution in [2.75, 3.05) is 10.0 Å². The van der Waals surface area contributed by atoms with Crippen molar-refractivity contribution in [3.8, 4) is 5.82 Å². The summed E-state index contributed by atoms with van der Waals surface area (Å²) in [6, 6.07) is 11.0. The molecular weight excluding hydrogens is 484 g/mol. The van der Waals surface area contributed by atoms with Crippen molar-refractivity contribution in [2.24, 2.45) is 0 Å². The fraction of sp³-hybridized carbons (Fsp3) is 0.217. The van der Waals surface area contributed by atoms with Crippen LogP contribution in [-0.4, -0.2) is 43.9 Å². The van der Waals surface area contributed by atoms with Crippen molar-refractivity contribution in [1.29, 1.82) is 0 Å². The lowest BCUT2D eigenvalue weighted by molar-refractivity contribution is -0.119. The number of rotatable bonds is 7.